The van der Waals surface area contributed by atoms with Gasteiger partial charge in [-0.05, 0) is 36.6 Å². The molecule has 4 nitrogen and oxygen atoms in total. The normalized spacial score (nSPS) is 17.7. The fraction of sp³-hybridized carbons (Fsp3) is 0.824. The molecule has 2 heterocycles. The van der Waals surface area contributed by atoms with Gasteiger partial charge in [-0.15, -0.1) is 0 Å². The van der Waals surface area contributed by atoms with E-state index in [1.165, 1.54) is 12.8 Å². The van der Waals surface area contributed by atoms with Crippen LogP contribution >= 0.6 is 0 Å². The monoisotopic (exact) mass is 293 g/mol. The van der Waals surface area contributed by atoms with Gasteiger partial charge in [-0.2, -0.15) is 4.98 Å². The molecule has 0 unspecified atom stereocenters. The number of aromatic nitrogens is 1. The maximum atomic E-state index is 5.66. The highest BCUT2D eigenvalue weighted by atomic mass is 16.4. The minimum Gasteiger partial charge on any atom is -0.432 e. The van der Waals surface area contributed by atoms with Gasteiger partial charge in [0.05, 0.1) is 5.69 Å². The van der Waals surface area contributed by atoms with Crippen LogP contribution in [0.4, 0.5) is 6.01 Å². The summed E-state index contributed by atoms with van der Waals surface area (Å²) in [6, 6.07) is 0.795. The molecule has 1 N–H and O–H groups in total. The summed E-state index contributed by atoms with van der Waals surface area (Å²) in [6.07, 6.45) is 4.25. The number of anilines is 1. The van der Waals surface area contributed by atoms with E-state index >= 15 is 0 Å². The predicted molar refractivity (Wildman–Crippen MR) is 87.4 cm³/mol. The van der Waals surface area contributed by atoms with Crippen LogP contribution in [0.3, 0.4) is 0 Å². The number of hydrogen-bond acceptors (Lipinski definition) is 4. The fourth-order valence-electron chi connectivity index (χ4n) is 2.95. The predicted octanol–water partition coefficient (Wildman–Crippen LogP) is 3.68. The SMILES string of the molecule is CC(C)CNCc1coc(N2CCC(C(C)(C)C)CC2)n1. The number of piperidine rings is 1. The summed E-state index contributed by atoms with van der Waals surface area (Å²) in [4.78, 5) is 6.90. The molecule has 21 heavy (non-hydrogen) atoms. The maximum absolute atomic E-state index is 5.66. The van der Waals surface area contributed by atoms with Crippen LogP contribution in [0.1, 0.15) is 53.2 Å². The van der Waals surface area contributed by atoms with E-state index in [-0.39, 0.29) is 0 Å². The van der Waals surface area contributed by atoms with Gasteiger partial charge in [0.15, 0.2) is 0 Å². The maximum Gasteiger partial charge on any atom is 0.297 e. The second-order valence-electron chi connectivity index (χ2n) is 7.77. The van der Waals surface area contributed by atoms with Crippen molar-refractivity contribution in [3.8, 4) is 0 Å². The molecular weight excluding hydrogens is 262 g/mol. The van der Waals surface area contributed by atoms with Crippen molar-refractivity contribution in [3.63, 3.8) is 0 Å². The van der Waals surface area contributed by atoms with Gasteiger partial charge in [0, 0.05) is 19.6 Å². The van der Waals surface area contributed by atoms with E-state index in [2.05, 4.69) is 49.8 Å². The van der Waals surface area contributed by atoms with Gasteiger partial charge in [0.2, 0.25) is 0 Å². The molecule has 0 bridgehead atoms. The van der Waals surface area contributed by atoms with Crippen molar-refractivity contribution in [1.29, 1.82) is 0 Å². The molecular formula is C17H31N3O. The van der Waals surface area contributed by atoms with Crippen LogP contribution in [-0.2, 0) is 6.54 Å². The van der Waals surface area contributed by atoms with Gasteiger partial charge in [-0.25, -0.2) is 0 Å². The van der Waals surface area contributed by atoms with Gasteiger partial charge in [0.25, 0.3) is 6.01 Å². The van der Waals surface area contributed by atoms with Crippen LogP contribution in [0.5, 0.6) is 0 Å². The Morgan fingerprint density at radius 1 is 1.33 bits per heavy atom. The first-order valence-corrected chi connectivity index (χ1v) is 8.26. The summed E-state index contributed by atoms with van der Waals surface area (Å²) in [5.74, 6) is 1.46. The number of nitrogens with zero attached hydrogens (tertiary/aromatic N) is 2. The van der Waals surface area contributed by atoms with Crippen molar-refractivity contribution in [3.05, 3.63) is 12.0 Å². The zero-order chi connectivity index (χ0) is 15.5. The van der Waals surface area contributed by atoms with Crippen LogP contribution in [0.15, 0.2) is 10.7 Å². The smallest absolute Gasteiger partial charge is 0.297 e. The third-order valence-electron chi connectivity index (χ3n) is 4.39. The molecule has 1 aromatic rings. The Bertz CT molecular complexity index is 425. The van der Waals surface area contributed by atoms with E-state index in [4.69, 9.17) is 4.42 Å². The van der Waals surface area contributed by atoms with Gasteiger partial charge in [-0.3, -0.25) is 0 Å². The zero-order valence-corrected chi connectivity index (χ0v) is 14.3. The topological polar surface area (TPSA) is 41.3 Å². The molecule has 0 radical (unpaired) electrons. The lowest BCUT2D eigenvalue weighted by atomic mass is 9.75. The average molecular weight is 293 g/mol. The molecule has 0 atom stereocenters. The Hall–Kier alpha value is -1.03. The van der Waals surface area contributed by atoms with Crippen LogP contribution in [0.25, 0.3) is 0 Å². The lowest BCUT2D eigenvalue weighted by Crippen LogP contribution is -2.38. The summed E-state index contributed by atoms with van der Waals surface area (Å²) in [5, 5.41) is 3.40. The molecule has 1 fully saturated rings. The number of nitrogens with one attached hydrogen (secondary N) is 1. The highest BCUT2D eigenvalue weighted by molar-refractivity contribution is 5.27. The Morgan fingerprint density at radius 2 is 2.00 bits per heavy atom. The Kier molecular flexibility index (Phi) is 5.31. The molecule has 1 saturated heterocycles. The second kappa shape index (κ2) is 6.82. The van der Waals surface area contributed by atoms with Crippen molar-refractivity contribution in [1.82, 2.24) is 10.3 Å². The lowest BCUT2D eigenvalue weighted by Gasteiger charge is -2.38. The third-order valence-corrected chi connectivity index (χ3v) is 4.39. The fourth-order valence-corrected chi connectivity index (χ4v) is 2.95. The molecule has 0 amide bonds. The van der Waals surface area contributed by atoms with Crippen LogP contribution < -0.4 is 10.2 Å². The van der Waals surface area contributed by atoms with Crippen molar-refractivity contribution in [2.24, 2.45) is 17.3 Å². The molecule has 1 aliphatic rings. The number of rotatable bonds is 5. The van der Waals surface area contributed by atoms with E-state index in [0.29, 0.717) is 11.3 Å². The summed E-state index contributed by atoms with van der Waals surface area (Å²) in [6.45, 7) is 15.4. The summed E-state index contributed by atoms with van der Waals surface area (Å²) >= 11 is 0. The molecule has 2 rings (SSSR count). The Balaban J connectivity index is 1.83. The van der Waals surface area contributed by atoms with E-state index in [1.807, 2.05) is 0 Å². The van der Waals surface area contributed by atoms with E-state index in [9.17, 15) is 0 Å². The van der Waals surface area contributed by atoms with Crippen molar-refractivity contribution < 1.29 is 4.42 Å². The van der Waals surface area contributed by atoms with Crippen molar-refractivity contribution >= 4 is 6.01 Å². The van der Waals surface area contributed by atoms with Crippen LogP contribution in [0.2, 0.25) is 0 Å². The van der Waals surface area contributed by atoms with Crippen LogP contribution in [-0.4, -0.2) is 24.6 Å². The lowest BCUT2D eigenvalue weighted by molar-refractivity contribution is 0.196. The van der Waals surface area contributed by atoms with Gasteiger partial charge in [0.1, 0.15) is 6.26 Å². The largest absolute Gasteiger partial charge is 0.432 e. The third kappa shape index (κ3) is 4.73. The Morgan fingerprint density at radius 3 is 2.57 bits per heavy atom. The highest BCUT2D eigenvalue weighted by Gasteiger charge is 2.30. The first-order chi connectivity index (χ1) is 9.86. The molecule has 0 spiro atoms. The standard InChI is InChI=1S/C17H31N3O/c1-13(2)10-18-11-15-12-21-16(19-15)20-8-6-14(7-9-20)17(3,4)5/h12-14,18H,6-11H2,1-5H3. The summed E-state index contributed by atoms with van der Waals surface area (Å²) in [5.41, 5.74) is 1.41. The Labute approximate surface area is 129 Å². The molecule has 1 aliphatic heterocycles. The van der Waals surface area contributed by atoms with E-state index in [0.717, 1.165) is 43.8 Å². The molecule has 0 aromatic carbocycles. The summed E-state index contributed by atoms with van der Waals surface area (Å²) in [7, 11) is 0. The molecule has 0 saturated carbocycles. The molecule has 120 valence electrons. The highest BCUT2D eigenvalue weighted by Crippen LogP contribution is 2.35. The van der Waals surface area contributed by atoms with Gasteiger partial charge >= 0.3 is 0 Å². The molecule has 1 aromatic heterocycles. The molecule has 4 heteroatoms. The van der Waals surface area contributed by atoms with Gasteiger partial charge < -0.3 is 14.6 Å². The second-order valence-corrected chi connectivity index (χ2v) is 7.77. The number of hydrogen-bond donors (Lipinski definition) is 1. The van der Waals surface area contributed by atoms with Crippen molar-refractivity contribution in [2.45, 2.75) is 54.0 Å². The first kappa shape index (κ1) is 16.3. The zero-order valence-electron chi connectivity index (χ0n) is 14.3. The van der Waals surface area contributed by atoms with Crippen LogP contribution in [0, 0.1) is 17.3 Å². The van der Waals surface area contributed by atoms with Crippen molar-refractivity contribution in [2.75, 3.05) is 24.5 Å². The van der Waals surface area contributed by atoms with E-state index in [1.54, 1.807) is 6.26 Å². The molecule has 0 aliphatic carbocycles. The quantitative estimate of drug-likeness (QED) is 0.899. The van der Waals surface area contributed by atoms with E-state index < -0.39 is 0 Å². The minimum absolute atomic E-state index is 0.411. The first-order valence-electron chi connectivity index (χ1n) is 8.26. The number of oxazole rings is 1. The average Bonchev–Trinajstić information content (AvgIpc) is 2.86. The minimum atomic E-state index is 0.411. The summed E-state index contributed by atoms with van der Waals surface area (Å²) < 4.78 is 5.66. The van der Waals surface area contributed by atoms with Gasteiger partial charge in [-0.1, -0.05) is 34.6 Å².